The van der Waals surface area contributed by atoms with Crippen molar-refractivity contribution in [2.75, 3.05) is 0 Å². The number of carbonyl (C=O) groups is 2. The number of aromatic nitrogens is 1. The summed E-state index contributed by atoms with van der Waals surface area (Å²) in [6.07, 6.45) is 3.91. The van der Waals surface area contributed by atoms with Crippen molar-refractivity contribution in [1.29, 1.82) is 0 Å². The van der Waals surface area contributed by atoms with E-state index in [1.54, 1.807) is 6.07 Å². The van der Waals surface area contributed by atoms with Crippen molar-refractivity contribution in [3.8, 4) is 0 Å². The third-order valence-corrected chi connectivity index (χ3v) is 4.47. The van der Waals surface area contributed by atoms with Crippen LogP contribution in [0.1, 0.15) is 61.1 Å². The number of hydrogen-bond donors (Lipinski definition) is 1. The number of hydrogen-bond acceptors (Lipinski definition) is 4. The van der Waals surface area contributed by atoms with Gasteiger partial charge in [0.1, 0.15) is 11.6 Å². The van der Waals surface area contributed by atoms with Crippen molar-refractivity contribution < 1.29 is 14.0 Å². The van der Waals surface area contributed by atoms with Crippen molar-refractivity contribution >= 4 is 23.2 Å². The van der Waals surface area contributed by atoms with Crippen LogP contribution in [0, 0.1) is 5.82 Å². The normalized spacial score (nSPS) is 13.3. The first-order chi connectivity index (χ1) is 12.3. The summed E-state index contributed by atoms with van der Waals surface area (Å²) >= 11 is 6.13. The molecule has 1 N–H and O–H groups in total. The molecule has 2 atom stereocenters. The van der Waals surface area contributed by atoms with Gasteiger partial charge in [0.05, 0.1) is 10.6 Å². The number of benzene rings is 1. The molecule has 1 aromatic heterocycles. The highest BCUT2D eigenvalue weighted by Gasteiger charge is 2.24. The maximum atomic E-state index is 15.2. The molecule has 0 unspecified atom stereocenters. The molecule has 4 nitrogen and oxygen atoms in total. The predicted molar refractivity (Wildman–Crippen MR) is 100 cm³/mol. The van der Waals surface area contributed by atoms with E-state index in [4.69, 9.17) is 11.6 Å². The van der Waals surface area contributed by atoms with Gasteiger partial charge in [-0.15, -0.1) is 0 Å². The molecule has 2 rings (SSSR count). The van der Waals surface area contributed by atoms with Crippen LogP contribution >= 0.6 is 11.6 Å². The Labute approximate surface area is 157 Å². The number of nitrogens with one attached hydrogen (secondary N) is 1. The van der Waals surface area contributed by atoms with E-state index in [0.29, 0.717) is 24.0 Å². The fourth-order valence-corrected chi connectivity index (χ4v) is 3.19. The first-order valence-corrected chi connectivity index (χ1v) is 8.91. The van der Waals surface area contributed by atoms with Gasteiger partial charge in [0.25, 0.3) is 0 Å². The van der Waals surface area contributed by atoms with E-state index in [1.165, 1.54) is 37.5 Å². The maximum absolute atomic E-state index is 15.2. The lowest BCUT2D eigenvalue weighted by atomic mass is 9.96. The molecule has 0 radical (unpaired) electrons. The molecule has 26 heavy (non-hydrogen) atoms. The lowest BCUT2D eigenvalue weighted by Crippen LogP contribution is -2.32. The summed E-state index contributed by atoms with van der Waals surface area (Å²) in [6, 6.07) is 5.74. The van der Waals surface area contributed by atoms with Crippen molar-refractivity contribution in [3.63, 3.8) is 0 Å². The smallest absolute Gasteiger partial charge is 0.197 e. The van der Waals surface area contributed by atoms with Crippen molar-refractivity contribution in [3.05, 3.63) is 64.2 Å². The first-order valence-electron chi connectivity index (χ1n) is 8.53. The second-order valence-electron chi connectivity index (χ2n) is 6.33. The minimum Gasteiger partial charge on any atom is -0.307 e. The Bertz CT molecular complexity index is 796. The Morgan fingerprint density at radius 1 is 1.23 bits per heavy atom. The average molecular weight is 377 g/mol. The van der Waals surface area contributed by atoms with Gasteiger partial charge in [-0.25, -0.2) is 4.39 Å². The highest BCUT2D eigenvalue weighted by Crippen LogP contribution is 2.30. The third-order valence-electron chi connectivity index (χ3n) is 4.15. The second-order valence-corrected chi connectivity index (χ2v) is 6.73. The summed E-state index contributed by atoms with van der Waals surface area (Å²) in [6.45, 7) is 5.31. The van der Waals surface area contributed by atoms with Crippen LogP contribution in [0.3, 0.4) is 0 Å². The van der Waals surface area contributed by atoms with Gasteiger partial charge in [-0.2, -0.15) is 0 Å². The fourth-order valence-electron chi connectivity index (χ4n) is 2.95. The fraction of sp³-hybridized carbons (Fsp3) is 0.350. The average Bonchev–Trinajstić information content (AvgIpc) is 2.60. The standard InChI is InChI=1S/C20H22ClFN2O2/c1-4-17(24-12(2)11-13(3)25)15-5-6-16(21)18(19(15)22)20(26)14-7-9-23-10-8-14/h5-10,12,17,24H,4,11H2,1-3H3/t12-,17+/m0/s1. The SMILES string of the molecule is CC[C@@H](N[C@@H](C)CC(C)=O)c1ccc(Cl)c(C(=O)c2ccncc2)c1F. The molecule has 0 fully saturated rings. The molecule has 0 saturated carbocycles. The van der Waals surface area contributed by atoms with Gasteiger partial charge in [-0.05, 0) is 38.5 Å². The Morgan fingerprint density at radius 2 is 1.88 bits per heavy atom. The molecule has 0 aliphatic rings. The van der Waals surface area contributed by atoms with E-state index in [-0.39, 0.29) is 28.5 Å². The zero-order chi connectivity index (χ0) is 19.3. The zero-order valence-electron chi connectivity index (χ0n) is 15.1. The van der Waals surface area contributed by atoms with Gasteiger partial charge >= 0.3 is 0 Å². The lowest BCUT2D eigenvalue weighted by molar-refractivity contribution is -0.117. The predicted octanol–water partition coefficient (Wildman–Crippen LogP) is 4.51. The summed E-state index contributed by atoms with van der Waals surface area (Å²) in [5.41, 5.74) is 0.545. The minimum absolute atomic E-state index is 0.0602. The highest BCUT2D eigenvalue weighted by molar-refractivity contribution is 6.35. The Hall–Kier alpha value is -2.11. The number of Topliss-reactive ketones (excluding diaryl/α,β-unsaturated/α-hetero) is 1. The topological polar surface area (TPSA) is 59.1 Å². The molecule has 138 valence electrons. The van der Waals surface area contributed by atoms with Gasteiger partial charge in [0, 0.05) is 42.0 Å². The maximum Gasteiger partial charge on any atom is 0.197 e. The van der Waals surface area contributed by atoms with Crippen LogP contribution in [0.4, 0.5) is 4.39 Å². The molecule has 0 bridgehead atoms. The van der Waals surface area contributed by atoms with Gasteiger partial charge in [0.2, 0.25) is 0 Å². The van der Waals surface area contributed by atoms with Crippen molar-refractivity contribution in [2.24, 2.45) is 0 Å². The molecular weight excluding hydrogens is 355 g/mol. The third kappa shape index (κ3) is 4.74. The van der Waals surface area contributed by atoms with E-state index in [0.717, 1.165) is 0 Å². The molecule has 0 spiro atoms. The number of carbonyl (C=O) groups excluding carboxylic acids is 2. The number of nitrogens with zero attached hydrogens (tertiary/aromatic N) is 1. The molecule has 0 aliphatic heterocycles. The summed E-state index contributed by atoms with van der Waals surface area (Å²) in [7, 11) is 0. The Morgan fingerprint density at radius 3 is 2.46 bits per heavy atom. The Balaban J connectivity index is 2.38. The molecule has 0 aliphatic carbocycles. The monoisotopic (exact) mass is 376 g/mol. The highest BCUT2D eigenvalue weighted by atomic mass is 35.5. The van der Waals surface area contributed by atoms with Crippen molar-refractivity contribution in [1.82, 2.24) is 10.3 Å². The van der Waals surface area contributed by atoms with Gasteiger partial charge in [-0.1, -0.05) is 24.6 Å². The largest absolute Gasteiger partial charge is 0.307 e. The Kier molecular flexibility index (Phi) is 7.00. The molecule has 6 heteroatoms. The van der Waals surface area contributed by atoms with Crippen LogP contribution < -0.4 is 5.32 Å². The van der Waals surface area contributed by atoms with E-state index in [1.807, 2.05) is 13.8 Å². The summed E-state index contributed by atoms with van der Waals surface area (Å²) < 4.78 is 15.2. The number of pyridine rings is 1. The molecular formula is C20H22ClFN2O2. The second kappa shape index (κ2) is 9.01. The van der Waals surface area contributed by atoms with Gasteiger partial charge in [-0.3, -0.25) is 14.6 Å². The molecule has 1 heterocycles. The van der Waals surface area contributed by atoms with E-state index >= 15 is 4.39 Å². The number of rotatable bonds is 8. The quantitative estimate of drug-likeness (QED) is 0.688. The first kappa shape index (κ1) is 20.2. The number of ketones is 2. The van der Waals surface area contributed by atoms with Crippen LogP contribution in [-0.2, 0) is 4.79 Å². The molecule has 0 amide bonds. The van der Waals surface area contributed by atoms with Crippen LogP contribution in [0.5, 0.6) is 0 Å². The van der Waals surface area contributed by atoms with E-state index < -0.39 is 11.6 Å². The molecule has 2 aromatic rings. The number of halogens is 2. The summed E-state index contributed by atoms with van der Waals surface area (Å²) in [5, 5.41) is 3.32. The summed E-state index contributed by atoms with van der Waals surface area (Å²) in [4.78, 5) is 27.9. The lowest BCUT2D eigenvalue weighted by Gasteiger charge is -2.23. The van der Waals surface area contributed by atoms with Crippen molar-refractivity contribution in [2.45, 2.75) is 45.7 Å². The van der Waals surface area contributed by atoms with Gasteiger partial charge in [0.15, 0.2) is 5.78 Å². The van der Waals surface area contributed by atoms with E-state index in [2.05, 4.69) is 10.3 Å². The van der Waals surface area contributed by atoms with Gasteiger partial charge < -0.3 is 5.32 Å². The van der Waals surface area contributed by atoms with Crippen LogP contribution in [0.2, 0.25) is 5.02 Å². The summed E-state index contributed by atoms with van der Waals surface area (Å²) in [5.74, 6) is -1.05. The van der Waals surface area contributed by atoms with Crippen LogP contribution in [0.15, 0.2) is 36.7 Å². The molecule has 1 aromatic carbocycles. The molecule has 0 saturated heterocycles. The zero-order valence-corrected chi connectivity index (χ0v) is 15.8. The minimum atomic E-state index is -0.631. The van der Waals surface area contributed by atoms with Crippen LogP contribution in [0.25, 0.3) is 0 Å². The van der Waals surface area contributed by atoms with E-state index in [9.17, 15) is 9.59 Å². The van der Waals surface area contributed by atoms with Crippen LogP contribution in [-0.4, -0.2) is 22.6 Å².